The summed E-state index contributed by atoms with van der Waals surface area (Å²) in [6.45, 7) is 1.40. The summed E-state index contributed by atoms with van der Waals surface area (Å²) >= 11 is 0. The molecule has 1 aromatic heterocycles. The van der Waals surface area contributed by atoms with Crippen molar-refractivity contribution in [2.24, 2.45) is 0 Å². The van der Waals surface area contributed by atoms with Crippen molar-refractivity contribution in [3.8, 4) is 5.69 Å². The lowest BCUT2D eigenvalue weighted by molar-refractivity contribution is -0.119. The van der Waals surface area contributed by atoms with Crippen molar-refractivity contribution >= 4 is 28.3 Å². The van der Waals surface area contributed by atoms with Gasteiger partial charge in [-0.25, -0.2) is 9.59 Å². The Morgan fingerprint density at radius 1 is 1.00 bits per heavy atom. The second-order valence-corrected chi connectivity index (χ2v) is 6.77. The molecule has 0 aliphatic rings. The van der Waals surface area contributed by atoms with Crippen LogP contribution in [0.4, 0.5) is 5.69 Å². The molecule has 0 saturated carbocycles. The normalized spacial score (nSPS) is 10.7. The molecule has 0 unspecified atom stereocenters. The quantitative estimate of drug-likeness (QED) is 0.501. The van der Waals surface area contributed by atoms with E-state index in [1.165, 1.54) is 4.57 Å². The Morgan fingerprint density at radius 2 is 1.73 bits per heavy atom. The number of carbonyl (C=O) groups is 2. The van der Waals surface area contributed by atoms with Crippen LogP contribution < -0.4 is 11.0 Å². The summed E-state index contributed by atoms with van der Waals surface area (Å²) in [4.78, 5) is 39.0. The van der Waals surface area contributed by atoms with Crippen LogP contribution in [0.25, 0.3) is 16.5 Å². The van der Waals surface area contributed by atoms with E-state index in [1.54, 1.807) is 43.5 Å². The van der Waals surface area contributed by atoms with Gasteiger partial charge in [0, 0.05) is 23.0 Å². The van der Waals surface area contributed by atoms with Crippen molar-refractivity contribution in [3.05, 3.63) is 94.7 Å². The third kappa shape index (κ3) is 3.86. The molecule has 0 aliphatic heterocycles. The number of hydrogen-bond acceptors (Lipinski definition) is 4. The Bertz CT molecular complexity index is 1280. The number of rotatable bonds is 5. The van der Waals surface area contributed by atoms with Crippen LogP contribution in [-0.4, -0.2) is 28.0 Å². The van der Waals surface area contributed by atoms with Crippen LogP contribution in [0.15, 0.2) is 77.7 Å². The van der Waals surface area contributed by atoms with E-state index in [-0.39, 0.29) is 11.3 Å². The molecule has 0 spiro atoms. The van der Waals surface area contributed by atoms with Crippen LogP contribution in [0.1, 0.15) is 16.1 Å². The van der Waals surface area contributed by atoms with Crippen LogP contribution >= 0.6 is 0 Å². The lowest BCUT2D eigenvalue weighted by atomic mass is 10.1. The third-order valence-electron chi connectivity index (χ3n) is 4.72. The zero-order valence-electron chi connectivity index (χ0n) is 16.2. The van der Waals surface area contributed by atoms with Gasteiger partial charge < -0.3 is 15.0 Å². The molecule has 150 valence electrons. The summed E-state index contributed by atoms with van der Waals surface area (Å²) in [7, 11) is 0. The number of imidazole rings is 1. The number of anilines is 1. The Hall–Kier alpha value is -4.13. The van der Waals surface area contributed by atoms with Gasteiger partial charge in [0.2, 0.25) is 0 Å². The number of ether oxygens (including phenoxy) is 1. The summed E-state index contributed by atoms with van der Waals surface area (Å²) in [6, 6.07) is 19.7. The van der Waals surface area contributed by atoms with E-state index in [2.05, 4.69) is 10.3 Å². The first-order valence-electron chi connectivity index (χ1n) is 9.35. The minimum absolute atomic E-state index is 0.257. The van der Waals surface area contributed by atoms with E-state index in [9.17, 15) is 14.4 Å². The van der Waals surface area contributed by atoms with Gasteiger partial charge in [0.05, 0.1) is 11.3 Å². The lowest BCUT2D eigenvalue weighted by Crippen LogP contribution is -2.21. The molecule has 0 aliphatic carbocycles. The van der Waals surface area contributed by atoms with Crippen LogP contribution in [0, 0.1) is 6.92 Å². The van der Waals surface area contributed by atoms with E-state index in [4.69, 9.17) is 4.74 Å². The molecule has 30 heavy (non-hydrogen) atoms. The molecule has 0 saturated heterocycles. The van der Waals surface area contributed by atoms with E-state index < -0.39 is 18.5 Å². The predicted molar refractivity (Wildman–Crippen MR) is 114 cm³/mol. The average Bonchev–Trinajstić information content (AvgIpc) is 3.10. The predicted octanol–water partition coefficient (Wildman–Crippen LogP) is 3.42. The maximum absolute atomic E-state index is 12.3. The third-order valence-corrected chi connectivity index (χ3v) is 4.72. The number of nitrogens with zero attached hydrogens (tertiary/aromatic N) is 1. The molecule has 2 N–H and O–H groups in total. The fourth-order valence-corrected chi connectivity index (χ4v) is 3.26. The van der Waals surface area contributed by atoms with Crippen molar-refractivity contribution in [1.29, 1.82) is 0 Å². The summed E-state index contributed by atoms with van der Waals surface area (Å²) in [5.74, 6) is -1.04. The molecule has 7 heteroatoms. The molecule has 0 atom stereocenters. The maximum Gasteiger partial charge on any atom is 0.338 e. The van der Waals surface area contributed by atoms with Crippen LogP contribution in [0.5, 0.6) is 0 Å². The number of hydrogen-bond donors (Lipinski definition) is 2. The van der Waals surface area contributed by atoms with Gasteiger partial charge in [0.15, 0.2) is 6.61 Å². The van der Waals surface area contributed by atoms with Crippen molar-refractivity contribution in [3.63, 3.8) is 0 Å². The molecule has 0 bridgehead atoms. The highest BCUT2D eigenvalue weighted by Crippen LogP contribution is 2.22. The van der Waals surface area contributed by atoms with E-state index in [0.717, 1.165) is 16.5 Å². The zero-order valence-corrected chi connectivity index (χ0v) is 16.2. The average molecular weight is 401 g/mol. The summed E-state index contributed by atoms with van der Waals surface area (Å²) < 4.78 is 6.62. The fourth-order valence-electron chi connectivity index (χ4n) is 3.26. The Labute approximate surface area is 171 Å². The van der Waals surface area contributed by atoms with Gasteiger partial charge in [-0.3, -0.25) is 9.36 Å². The minimum Gasteiger partial charge on any atom is -0.452 e. The number of H-pyrrole nitrogens is 1. The molecular weight excluding hydrogens is 382 g/mol. The SMILES string of the molecule is Cc1c[nH]c(=O)n1-c1ccc(C(=O)OCC(=O)Nc2cccc3ccccc23)cc1. The molecule has 4 rings (SSSR count). The number of benzene rings is 3. The van der Waals surface area contributed by atoms with E-state index in [0.29, 0.717) is 11.4 Å². The first kappa shape index (κ1) is 19.2. The molecule has 3 aromatic carbocycles. The van der Waals surface area contributed by atoms with E-state index in [1.807, 2.05) is 36.4 Å². The van der Waals surface area contributed by atoms with Gasteiger partial charge in [-0.15, -0.1) is 0 Å². The minimum atomic E-state index is -0.618. The highest BCUT2D eigenvalue weighted by Gasteiger charge is 2.12. The monoisotopic (exact) mass is 401 g/mol. The van der Waals surface area contributed by atoms with Crippen LogP contribution in [-0.2, 0) is 9.53 Å². The second kappa shape index (κ2) is 8.08. The molecular formula is C23H19N3O4. The van der Waals surface area contributed by atoms with Gasteiger partial charge in [-0.2, -0.15) is 0 Å². The van der Waals surface area contributed by atoms with E-state index >= 15 is 0 Å². The lowest BCUT2D eigenvalue weighted by Gasteiger charge is -2.10. The molecule has 1 heterocycles. The maximum atomic E-state index is 12.3. The number of aromatic amines is 1. The molecule has 0 radical (unpaired) electrons. The summed E-state index contributed by atoms with van der Waals surface area (Å²) in [6.07, 6.45) is 1.61. The van der Waals surface area contributed by atoms with Crippen LogP contribution in [0.2, 0.25) is 0 Å². The van der Waals surface area contributed by atoms with Gasteiger partial charge in [0.25, 0.3) is 5.91 Å². The number of carbonyl (C=O) groups excluding carboxylic acids is 2. The van der Waals surface area contributed by atoms with Gasteiger partial charge in [-0.05, 0) is 42.6 Å². The summed E-state index contributed by atoms with van der Waals surface area (Å²) in [5.41, 5.74) is 2.07. The van der Waals surface area contributed by atoms with Crippen LogP contribution in [0.3, 0.4) is 0 Å². The standard InChI is InChI=1S/C23H19N3O4/c1-15-13-24-23(29)26(15)18-11-9-17(10-12-18)22(28)30-14-21(27)25-20-8-4-6-16-5-2-3-7-19(16)20/h2-13H,14H2,1H3,(H,24,29)(H,25,27). The number of nitrogens with one attached hydrogen (secondary N) is 2. The molecule has 4 aromatic rings. The van der Waals surface area contributed by atoms with Gasteiger partial charge in [-0.1, -0.05) is 36.4 Å². The number of fused-ring (bicyclic) bond motifs is 1. The number of amides is 1. The Morgan fingerprint density at radius 3 is 2.47 bits per heavy atom. The highest BCUT2D eigenvalue weighted by atomic mass is 16.5. The fraction of sp³-hybridized carbons (Fsp3) is 0.0870. The second-order valence-electron chi connectivity index (χ2n) is 6.77. The topological polar surface area (TPSA) is 93.2 Å². The molecule has 7 nitrogen and oxygen atoms in total. The van der Waals surface area contributed by atoms with Gasteiger partial charge in [0.1, 0.15) is 0 Å². The smallest absolute Gasteiger partial charge is 0.338 e. The first-order chi connectivity index (χ1) is 14.5. The van der Waals surface area contributed by atoms with Crippen molar-refractivity contribution in [2.45, 2.75) is 6.92 Å². The highest BCUT2D eigenvalue weighted by molar-refractivity contribution is 6.03. The molecule has 1 amide bonds. The number of aryl methyl sites for hydroxylation is 1. The largest absolute Gasteiger partial charge is 0.452 e. The first-order valence-corrected chi connectivity index (χ1v) is 9.35. The summed E-state index contributed by atoms with van der Waals surface area (Å²) in [5, 5.41) is 4.69. The van der Waals surface area contributed by atoms with Crippen molar-refractivity contribution < 1.29 is 14.3 Å². The van der Waals surface area contributed by atoms with Gasteiger partial charge >= 0.3 is 11.7 Å². The number of aromatic nitrogens is 2. The molecule has 0 fully saturated rings. The van der Waals surface area contributed by atoms with Crippen molar-refractivity contribution in [2.75, 3.05) is 11.9 Å². The van der Waals surface area contributed by atoms with Crippen molar-refractivity contribution in [1.82, 2.24) is 9.55 Å². The Kier molecular flexibility index (Phi) is 5.17. The number of esters is 1. The zero-order chi connectivity index (χ0) is 21.1. The Balaban J connectivity index is 1.39.